The van der Waals surface area contributed by atoms with E-state index in [9.17, 15) is 12.8 Å². The van der Waals surface area contributed by atoms with E-state index in [0.717, 1.165) is 0 Å². The molecule has 0 aromatic heterocycles. The van der Waals surface area contributed by atoms with Gasteiger partial charge in [0.2, 0.25) is 10.0 Å². The number of thioether (sulfide) groups is 1. The average molecular weight is 302 g/mol. The molecule has 0 aliphatic carbocycles. The van der Waals surface area contributed by atoms with Crippen LogP contribution >= 0.6 is 11.8 Å². The van der Waals surface area contributed by atoms with E-state index in [1.165, 1.54) is 17.8 Å². The Labute approximate surface area is 117 Å². The molecule has 1 rings (SSSR count). The van der Waals surface area contributed by atoms with Crippen LogP contribution in [0, 0.1) is 17.1 Å². The number of nitriles is 1. The fraction of sp³-hybridized carbons (Fsp3) is 0.417. The number of hydrogen-bond acceptors (Lipinski definition) is 4. The largest absolute Gasteiger partial charge is 0.214 e. The van der Waals surface area contributed by atoms with Crippen LogP contribution in [0.1, 0.15) is 12.8 Å². The molecule has 0 aliphatic heterocycles. The molecule has 0 saturated heterocycles. The zero-order valence-electron chi connectivity index (χ0n) is 10.3. The minimum absolute atomic E-state index is 0.0507. The second-order valence-electron chi connectivity index (χ2n) is 3.75. The molecule has 0 saturated carbocycles. The van der Waals surface area contributed by atoms with Gasteiger partial charge in [0.25, 0.3) is 0 Å². The monoisotopic (exact) mass is 302 g/mol. The fourth-order valence-electron chi connectivity index (χ4n) is 1.33. The molecule has 0 amide bonds. The molecule has 0 radical (unpaired) electrons. The minimum atomic E-state index is -3.33. The molecule has 19 heavy (non-hydrogen) atoms. The number of nitrogens with one attached hydrogen (secondary N) is 1. The Bertz CT molecular complexity index is 541. The van der Waals surface area contributed by atoms with Crippen LogP contribution in [0.25, 0.3) is 0 Å². The van der Waals surface area contributed by atoms with Crippen molar-refractivity contribution in [1.29, 1.82) is 5.26 Å². The van der Waals surface area contributed by atoms with Gasteiger partial charge in [-0.25, -0.2) is 17.5 Å². The summed E-state index contributed by atoms with van der Waals surface area (Å²) in [7, 11) is -3.33. The van der Waals surface area contributed by atoms with Crippen LogP contribution in [0.5, 0.6) is 0 Å². The second kappa shape index (κ2) is 8.15. The van der Waals surface area contributed by atoms with Crippen molar-refractivity contribution in [3.8, 4) is 6.07 Å². The van der Waals surface area contributed by atoms with Crippen molar-refractivity contribution in [2.24, 2.45) is 0 Å². The third-order valence-electron chi connectivity index (χ3n) is 2.22. The Morgan fingerprint density at radius 3 is 2.79 bits per heavy atom. The van der Waals surface area contributed by atoms with Gasteiger partial charge >= 0.3 is 0 Å². The van der Waals surface area contributed by atoms with Crippen LogP contribution < -0.4 is 4.72 Å². The molecular weight excluding hydrogens is 287 g/mol. The molecular formula is C12H15FN2O2S2. The average Bonchev–Trinajstić information content (AvgIpc) is 2.37. The predicted octanol–water partition coefficient (Wildman–Crippen LogP) is 2.14. The molecule has 0 bridgehead atoms. The first-order chi connectivity index (χ1) is 9.05. The second-order valence-corrected chi connectivity index (χ2v) is 6.82. The van der Waals surface area contributed by atoms with Gasteiger partial charge in [-0.3, -0.25) is 0 Å². The zero-order chi connectivity index (χ0) is 14.1. The maximum atomic E-state index is 13.3. The summed E-state index contributed by atoms with van der Waals surface area (Å²) in [5, 5.41) is 8.33. The summed E-state index contributed by atoms with van der Waals surface area (Å²) in [6.45, 7) is 0.244. The highest BCUT2D eigenvalue weighted by Crippen LogP contribution is 2.20. The van der Waals surface area contributed by atoms with E-state index in [4.69, 9.17) is 5.26 Å². The summed E-state index contributed by atoms with van der Waals surface area (Å²) in [6.07, 6.45) is 0.553. The normalized spacial score (nSPS) is 11.2. The number of unbranched alkanes of at least 4 members (excludes halogenated alkanes) is 1. The van der Waals surface area contributed by atoms with E-state index in [0.29, 0.717) is 17.1 Å². The smallest absolute Gasteiger partial charge is 0.211 e. The van der Waals surface area contributed by atoms with Crippen molar-refractivity contribution in [2.45, 2.75) is 17.7 Å². The first-order valence-electron chi connectivity index (χ1n) is 5.77. The summed E-state index contributed by atoms with van der Waals surface area (Å²) in [5.41, 5.74) is 0. The van der Waals surface area contributed by atoms with Gasteiger partial charge in [-0.1, -0.05) is 12.1 Å². The molecule has 0 atom stereocenters. The highest BCUT2D eigenvalue weighted by molar-refractivity contribution is 7.99. The van der Waals surface area contributed by atoms with Crippen LogP contribution in [0.15, 0.2) is 29.2 Å². The molecule has 1 aromatic carbocycles. The molecule has 0 fully saturated rings. The summed E-state index contributed by atoms with van der Waals surface area (Å²) in [5.74, 6) is 0.105. The molecule has 0 aliphatic rings. The van der Waals surface area contributed by atoms with Crippen molar-refractivity contribution in [3.63, 3.8) is 0 Å². The van der Waals surface area contributed by atoms with Crippen LogP contribution in [0.2, 0.25) is 0 Å². The zero-order valence-corrected chi connectivity index (χ0v) is 11.9. The Morgan fingerprint density at radius 1 is 1.37 bits per heavy atom. The standard InChI is InChI=1S/C12H15FN2O2S2/c13-11-5-1-2-6-12(11)18-9-8-15-19(16,17)10-4-3-7-14/h1-2,5-6,15H,3-4,8-10H2. The lowest BCUT2D eigenvalue weighted by molar-refractivity contribution is 0.582. The van der Waals surface area contributed by atoms with Crippen molar-refractivity contribution < 1.29 is 12.8 Å². The van der Waals surface area contributed by atoms with Crippen LogP contribution in [0.3, 0.4) is 0 Å². The Morgan fingerprint density at radius 2 is 2.11 bits per heavy atom. The molecule has 7 heteroatoms. The van der Waals surface area contributed by atoms with Crippen molar-refractivity contribution >= 4 is 21.8 Å². The van der Waals surface area contributed by atoms with E-state index in [1.807, 2.05) is 6.07 Å². The Kier molecular flexibility index (Phi) is 6.84. The minimum Gasteiger partial charge on any atom is -0.214 e. The van der Waals surface area contributed by atoms with Gasteiger partial charge in [-0.2, -0.15) is 5.26 Å². The maximum Gasteiger partial charge on any atom is 0.211 e. The summed E-state index contributed by atoms with van der Waals surface area (Å²) < 4.78 is 38.7. The Hall–Kier alpha value is -1.10. The molecule has 0 heterocycles. The van der Waals surface area contributed by atoms with Crippen LogP contribution in [-0.2, 0) is 10.0 Å². The van der Waals surface area contributed by atoms with E-state index in [2.05, 4.69) is 4.72 Å². The van der Waals surface area contributed by atoms with E-state index in [1.54, 1.807) is 18.2 Å². The predicted molar refractivity (Wildman–Crippen MR) is 73.8 cm³/mol. The topological polar surface area (TPSA) is 70.0 Å². The lowest BCUT2D eigenvalue weighted by Crippen LogP contribution is -2.28. The summed E-state index contributed by atoms with van der Waals surface area (Å²) in [6, 6.07) is 8.26. The van der Waals surface area contributed by atoms with Gasteiger partial charge in [0.15, 0.2) is 0 Å². The highest BCUT2D eigenvalue weighted by Gasteiger charge is 2.09. The van der Waals surface area contributed by atoms with Crippen molar-refractivity contribution in [2.75, 3.05) is 18.1 Å². The number of hydrogen-bond donors (Lipinski definition) is 1. The molecule has 1 aromatic rings. The van der Waals surface area contributed by atoms with Crippen LogP contribution in [0.4, 0.5) is 4.39 Å². The SMILES string of the molecule is N#CCCCS(=O)(=O)NCCSc1ccccc1F. The van der Waals surface area contributed by atoms with Gasteiger partial charge in [0, 0.05) is 23.6 Å². The first-order valence-corrected chi connectivity index (χ1v) is 8.40. The highest BCUT2D eigenvalue weighted by atomic mass is 32.2. The number of rotatable bonds is 8. The quantitative estimate of drug-likeness (QED) is 0.590. The Balaban J connectivity index is 2.27. The molecule has 104 valence electrons. The van der Waals surface area contributed by atoms with Gasteiger partial charge in [-0.15, -0.1) is 11.8 Å². The number of benzene rings is 1. The lowest BCUT2D eigenvalue weighted by Gasteiger charge is -2.06. The molecule has 0 unspecified atom stereocenters. The van der Waals surface area contributed by atoms with Gasteiger partial charge in [0.05, 0.1) is 11.8 Å². The van der Waals surface area contributed by atoms with E-state index < -0.39 is 10.0 Å². The molecule has 0 spiro atoms. The fourth-order valence-corrected chi connectivity index (χ4v) is 3.35. The van der Waals surface area contributed by atoms with Gasteiger partial charge in [-0.05, 0) is 18.6 Å². The van der Waals surface area contributed by atoms with Crippen molar-refractivity contribution in [3.05, 3.63) is 30.1 Å². The number of nitrogens with zero attached hydrogens (tertiary/aromatic N) is 1. The molecule has 4 nitrogen and oxygen atoms in total. The third-order valence-corrected chi connectivity index (χ3v) is 4.74. The van der Waals surface area contributed by atoms with E-state index in [-0.39, 0.29) is 24.5 Å². The number of halogens is 1. The number of sulfonamides is 1. The third kappa shape index (κ3) is 6.57. The van der Waals surface area contributed by atoms with Crippen molar-refractivity contribution in [1.82, 2.24) is 4.72 Å². The summed E-state index contributed by atoms with van der Waals surface area (Å²) >= 11 is 1.26. The van der Waals surface area contributed by atoms with Gasteiger partial charge < -0.3 is 0 Å². The van der Waals surface area contributed by atoms with E-state index >= 15 is 0 Å². The first kappa shape index (κ1) is 16.0. The van der Waals surface area contributed by atoms with Crippen LogP contribution in [-0.4, -0.2) is 26.5 Å². The molecule has 1 N–H and O–H groups in total. The maximum absolute atomic E-state index is 13.3. The van der Waals surface area contributed by atoms with Gasteiger partial charge in [0.1, 0.15) is 5.82 Å². The lowest BCUT2D eigenvalue weighted by atomic mass is 10.3. The summed E-state index contributed by atoms with van der Waals surface area (Å²) in [4.78, 5) is 0.506.